The number of hydrogen-bond donors (Lipinski definition) is 2. The van der Waals surface area contributed by atoms with Crippen LogP contribution in [0.1, 0.15) is 25.1 Å². The van der Waals surface area contributed by atoms with E-state index in [9.17, 15) is 5.11 Å². The van der Waals surface area contributed by atoms with E-state index in [0.29, 0.717) is 6.04 Å². The molecule has 18 heavy (non-hydrogen) atoms. The molecule has 0 saturated carbocycles. The fraction of sp³-hybridized carbons (Fsp3) is 0.462. The van der Waals surface area contributed by atoms with Gasteiger partial charge in [0, 0.05) is 24.7 Å². The predicted octanol–water partition coefficient (Wildman–Crippen LogP) is 2.49. The van der Waals surface area contributed by atoms with Crippen molar-refractivity contribution in [3.63, 3.8) is 0 Å². The Bertz CT molecular complexity index is 561. The number of imidazole rings is 1. The zero-order chi connectivity index (χ0) is 12.5. The second-order valence-electron chi connectivity index (χ2n) is 4.81. The SMILES string of the molecule is Oc1ccn2c(CC3CCCCN3)nc(Br)c2c1. The molecule has 96 valence electrons. The lowest BCUT2D eigenvalue weighted by molar-refractivity contribution is 0.394. The van der Waals surface area contributed by atoms with Gasteiger partial charge in [0.15, 0.2) is 0 Å². The van der Waals surface area contributed by atoms with Crippen LogP contribution < -0.4 is 5.32 Å². The number of aromatic nitrogens is 2. The first kappa shape index (κ1) is 12.0. The van der Waals surface area contributed by atoms with E-state index in [1.807, 2.05) is 10.6 Å². The number of pyridine rings is 1. The lowest BCUT2D eigenvalue weighted by Gasteiger charge is -2.22. The number of piperidine rings is 1. The van der Waals surface area contributed by atoms with Crippen LogP contribution in [0.25, 0.3) is 5.52 Å². The Labute approximate surface area is 114 Å². The first-order valence-electron chi connectivity index (χ1n) is 6.33. The molecule has 1 unspecified atom stereocenters. The van der Waals surface area contributed by atoms with Crippen LogP contribution in [0.5, 0.6) is 5.75 Å². The molecule has 3 heterocycles. The number of halogens is 1. The van der Waals surface area contributed by atoms with Crippen LogP contribution in [0.2, 0.25) is 0 Å². The summed E-state index contributed by atoms with van der Waals surface area (Å²) in [4.78, 5) is 4.55. The molecular formula is C13H16BrN3O. The molecule has 1 aliphatic rings. The smallest absolute Gasteiger partial charge is 0.132 e. The first-order valence-corrected chi connectivity index (χ1v) is 7.12. The highest BCUT2D eigenvalue weighted by Crippen LogP contribution is 2.24. The van der Waals surface area contributed by atoms with Crippen LogP contribution in [-0.4, -0.2) is 27.1 Å². The number of nitrogens with zero attached hydrogens (tertiary/aromatic N) is 2. The number of nitrogens with one attached hydrogen (secondary N) is 1. The number of rotatable bonds is 2. The second kappa shape index (κ2) is 4.90. The molecule has 3 rings (SSSR count). The Morgan fingerprint density at radius 3 is 3.17 bits per heavy atom. The lowest BCUT2D eigenvalue weighted by atomic mass is 10.0. The van der Waals surface area contributed by atoms with E-state index in [4.69, 9.17) is 0 Å². The minimum absolute atomic E-state index is 0.269. The van der Waals surface area contributed by atoms with Gasteiger partial charge in [-0.1, -0.05) is 6.42 Å². The number of fused-ring (bicyclic) bond motifs is 1. The maximum atomic E-state index is 9.51. The van der Waals surface area contributed by atoms with Crippen LogP contribution in [0.3, 0.4) is 0 Å². The summed E-state index contributed by atoms with van der Waals surface area (Å²) in [6.07, 6.45) is 6.59. The molecule has 0 bridgehead atoms. The van der Waals surface area contributed by atoms with Gasteiger partial charge in [0.1, 0.15) is 16.2 Å². The number of aromatic hydroxyl groups is 1. The summed E-state index contributed by atoms with van der Waals surface area (Å²) in [5.74, 6) is 1.31. The molecule has 0 aromatic carbocycles. The van der Waals surface area contributed by atoms with E-state index in [0.717, 1.165) is 28.9 Å². The van der Waals surface area contributed by atoms with Crippen molar-refractivity contribution in [1.29, 1.82) is 0 Å². The van der Waals surface area contributed by atoms with Gasteiger partial charge >= 0.3 is 0 Å². The third-order valence-electron chi connectivity index (χ3n) is 3.50. The van der Waals surface area contributed by atoms with Crippen LogP contribution in [0.4, 0.5) is 0 Å². The molecule has 2 aromatic rings. The summed E-state index contributed by atoms with van der Waals surface area (Å²) >= 11 is 3.45. The van der Waals surface area contributed by atoms with E-state index in [1.54, 1.807) is 12.1 Å². The minimum Gasteiger partial charge on any atom is -0.508 e. The van der Waals surface area contributed by atoms with E-state index >= 15 is 0 Å². The van der Waals surface area contributed by atoms with Crippen molar-refractivity contribution in [2.24, 2.45) is 0 Å². The zero-order valence-corrected chi connectivity index (χ0v) is 11.7. The molecule has 5 heteroatoms. The van der Waals surface area contributed by atoms with Gasteiger partial charge < -0.3 is 14.8 Å². The lowest BCUT2D eigenvalue weighted by Crippen LogP contribution is -2.36. The summed E-state index contributed by atoms with van der Waals surface area (Å²) in [5.41, 5.74) is 0.917. The summed E-state index contributed by atoms with van der Waals surface area (Å²) in [5, 5.41) is 13.0. The highest BCUT2D eigenvalue weighted by molar-refractivity contribution is 9.10. The normalized spacial score (nSPS) is 20.4. The van der Waals surface area contributed by atoms with E-state index in [2.05, 4.69) is 26.2 Å². The van der Waals surface area contributed by atoms with E-state index in [-0.39, 0.29) is 5.75 Å². The first-order chi connectivity index (χ1) is 8.74. The van der Waals surface area contributed by atoms with Crippen molar-refractivity contribution < 1.29 is 5.11 Å². The molecule has 0 radical (unpaired) electrons. The van der Waals surface area contributed by atoms with Crippen LogP contribution in [-0.2, 0) is 6.42 Å². The van der Waals surface area contributed by atoms with Crippen molar-refractivity contribution >= 4 is 21.4 Å². The maximum absolute atomic E-state index is 9.51. The molecule has 0 spiro atoms. The molecule has 1 atom stereocenters. The molecular weight excluding hydrogens is 294 g/mol. The van der Waals surface area contributed by atoms with Gasteiger partial charge in [-0.25, -0.2) is 4.98 Å². The van der Waals surface area contributed by atoms with E-state index < -0.39 is 0 Å². The van der Waals surface area contributed by atoms with Gasteiger partial charge in [-0.15, -0.1) is 0 Å². The number of hydrogen-bond acceptors (Lipinski definition) is 3. The molecule has 1 aliphatic heterocycles. The van der Waals surface area contributed by atoms with Gasteiger partial charge in [-0.3, -0.25) is 0 Å². The topological polar surface area (TPSA) is 49.6 Å². The average Bonchev–Trinajstić information content (AvgIpc) is 2.67. The van der Waals surface area contributed by atoms with Crippen LogP contribution in [0, 0.1) is 0 Å². The van der Waals surface area contributed by atoms with Gasteiger partial charge in [-0.2, -0.15) is 0 Å². The van der Waals surface area contributed by atoms with Crippen molar-refractivity contribution in [3.8, 4) is 5.75 Å². The predicted molar refractivity (Wildman–Crippen MR) is 73.9 cm³/mol. The molecule has 0 amide bonds. The van der Waals surface area contributed by atoms with Crippen molar-refractivity contribution in [2.45, 2.75) is 31.7 Å². The Balaban J connectivity index is 1.91. The van der Waals surface area contributed by atoms with Crippen LogP contribution >= 0.6 is 15.9 Å². The van der Waals surface area contributed by atoms with Gasteiger partial charge in [0.2, 0.25) is 0 Å². The summed E-state index contributed by atoms with van der Waals surface area (Å²) in [6, 6.07) is 3.94. The average molecular weight is 310 g/mol. The second-order valence-corrected chi connectivity index (χ2v) is 5.56. The maximum Gasteiger partial charge on any atom is 0.132 e. The highest BCUT2D eigenvalue weighted by atomic mass is 79.9. The molecule has 1 fully saturated rings. The van der Waals surface area contributed by atoms with Crippen molar-refractivity contribution in [1.82, 2.24) is 14.7 Å². The van der Waals surface area contributed by atoms with Crippen LogP contribution in [0.15, 0.2) is 22.9 Å². The zero-order valence-electron chi connectivity index (χ0n) is 10.1. The summed E-state index contributed by atoms with van der Waals surface area (Å²) in [6.45, 7) is 1.11. The third kappa shape index (κ3) is 2.24. The Morgan fingerprint density at radius 1 is 1.50 bits per heavy atom. The summed E-state index contributed by atoms with van der Waals surface area (Å²) in [7, 11) is 0. The monoisotopic (exact) mass is 309 g/mol. The summed E-state index contributed by atoms with van der Waals surface area (Å²) < 4.78 is 2.84. The van der Waals surface area contributed by atoms with Gasteiger partial charge in [-0.05, 0) is 41.4 Å². The standard InChI is InChI=1S/C13H16BrN3O/c14-13-11-8-10(18)4-6-17(11)12(16-13)7-9-3-1-2-5-15-9/h4,6,8-9,15,18H,1-3,5,7H2. The molecule has 2 N–H and O–H groups in total. The largest absolute Gasteiger partial charge is 0.508 e. The van der Waals surface area contributed by atoms with Crippen molar-refractivity contribution in [2.75, 3.05) is 6.54 Å². The molecule has 4 nitrogen and oxygen atoms in total. The fourth-order valence-electron chi connectivity index (χ4n) is 2.56. The quantitative estimate of drug-likeness (QED) is 0.896. The van der Waals surface area contributed by atoms with Crippen molar-refractivity contribution in [3.05, 3.63) is 28.8 Å². The highest BCUT2D eigenvalue weighted by Gasteiger charge is 2.17. The fourth-order valence-corrected chi connectivity index (χ4v) is 3.07. The molecule has 1 saturated heterocycles. The Kier molecular flexibility index (Phi) is 3.26. The Hall–Kier alpha value is -1.07. The molecule has 2 aromatic heterocycles. The Morgan fingerprint density at radius 2 is 2.39 bits per heavy atom. The minimum atomic E-state index is 0.269. The van der Waals surface area contributed by atoms with E-state index in [1.165, 1.54) is 19.3 Å². The van der Waals surface area contributed by atoms with Gasteiger partial charge in [0.05, 0.1) is 5.52 Å². The molecule has 0 aliphatic carbocycles. The third-order valence-corrected chi connectivity index (χ3v) is 4.08. The van der Waals surface area contributed by atoms with Gasteiger partial charge in [0.25, 0.3) is 0 Å².